The molecule has 6 heteroatoms. The number of thiocarbonyl (C=S) groups is 1. The zero-order chi connectivity index (χ0) is 13.8. The highest BCUT2D eigenvalue weighted by atomic mass is 32.1. The van der Waals surface area contributed by atoms with E-state index >= 15 is 0 Å². The fourth-order valence-corrected chi connectivity index (χ4v) is 1.65. The number of halogens is 3. The average Bonchev–Trinajstić information content (AvgIpc) is 2.37. The Bertz CT molecular complexity index is 579. The van der Waals surface area contributed by atoms with Crippen LogP contribution in [-0.4, -0.2) is 5.11 Å². The molecule has 0 heterocycles. The summed E-state index contributed by atoms with van der Waals surface area (Å²) < 4.78 is 39.4. The lowest BCUT2D eigenvalue weighted by molar-refractivity contribution is 0.591. The van der Waals surface area contributed by atoms with Crippen molar-refractivity contribution in [2.75, 3.05) is 10.6 Å². The summed E-state index contributed by atoms with van der Waals surface area (Å²) >= 11 is 4.92. The van der Waals surface area contributed by atoms with Gasteiger partial charge in [0.15, 0.2) is 5.11 Å². The van der Waals surface area contributed by atoms with Crippen LogP contribution in [0.15, 0.2) is 42.5 Å². The lowest BCUT2D eigenvalue weighted by Gasteiger charge is -2.11. The summed E-state index contributed by atoms with van der Waals surface area (Å²) in [6.07, 6.45) is 0. The molecule has 2 nitrogen and oxygen atoms in total. The normalized spacial score (nSPS) is 10.1. The Hall–Kier alpha value is -2.08. The number of hydrogen-bond donors (Lipinski definition) is 2. The Morgan fingerprint density at radius 1 is 0.842 bits per heavy atom. The summed E-state index contributed by atoms with van der Waals surface area (Å²) in [5.41, 5.74) is 0.178. The van der Waals surface area contributed by atoms with E-state index in [1.807, 2.05) is 0 Å². The minimum Gasteiger partial charge on any atom is -0.332 e. The molecule has 0 saturated heterocycles. The van der Waals surface area contributed by atoms with E-state index in [9.17, 15) is 13.2 Å². The average molecular weight is 282 g/mol. The number of anilines is 2. The van der Waals surface area contributed by atoms with Crippen LogP contribution in [0.5, 0.6) is 0 Å². The number of para-hydroxylation sites is 1. The second kappa shape index (κ2) is 5.71. The van der Waals surface area contributed by atoms with Crippen LogP contribution in [-0.2, 0) is 0 Å². The van der Waals surface area contributed by atoms with Crippen LogP contribution in [0.4, 0.5) is 24.5 Å². The highest BCUT2D eigenvalue weighted by molar-refractivity contribution is 7.80. The van der Waals surface area contributed by atoms with Gasteiger partial charge < -0.3 is 10.6 Å². The maximum absolute atomic E-state index is 13.4. The van der Waals surface area contributed by atoms with Crippen LogP contribution in [0.25, 0.3) is 0 Å². The molecule has 98 valence electrons. The Morgan fingerprint density at radius 3 is 2.00 bits per heavy atom. The van der Waals surface area contributed by atoms with Crippen LogP contribution in [0, 0.1) is 17.5 Å². The van der Waals surface area contributed by atoms with E-state index in [4.69, 9.17) is 12.2 Å². The van der Waals surface area contributed by atoms with E-state index in [0.29, 0.717) is 5.69 Å². The van der Waals surface area contributed by atoms with E-state index in [1.54, 1.807) is 0 Å². The number of nitrogens with one attached hydrogen (secondary N) is 2. The number of hydrogen-bond acceptors (Lipinski definition) is 1. The third-order valence-electron chi connectivity index (χ3n) is 2.30. The predicted molar refractivity (Wildman–Crippen MR) is 72.6 cm³/mol. The molecule has 2 aromatic carbocycles. The summed E-state index contributed by atoms with van der Waals surface area (Å²) in [6, 6.07) is 8.90. The second-order valence-electron chi connectivity index (χ2n) is 3.68. The fraction of sp³-hybridized carbons (Fsp3) is 0. The molecule has 0 aliphatic heterocycles. The molecule has 2 aromatic rings. The molecule has 0 atom stereocenters. The molecule has 0 amide bonds. The van der Waals surface area contributed by atoms with Gasteiger partial charge in [0.05, 0.1) is 0 Å². The van der Waals surface area contributed by atoms with Gasteiger partial charge in [0.1, 0.15) is 23.1 Å². The van der Waals surface area contributed by atoms with Crippen molar-refractivity contribution in [1.82, 2.24) is 0 Å². The standard InChI is InChI=1S/C13H9F3N2S/c14-8-4-6-9(7-5-8)17-13(19)18-12-10(15)2-1-3-11(12)16/h1-7H,(H2,17,18,19). The smallest absolute Gasteiger partial charge is 0.175 e. The molecule has 0 radical (unpaired) electrons. The Morgan fingerprint density at radius 2 is 1.42 bits per heavy atom. The van der Waals surface area contributed by atoms with Crippen LogP contribution >= 0.6 is 12.2 Å². The molecule has 0 aromatic heterocycles. The van der Waals surface area contributed by atoms with Crippen molar-refractivity contribution in [3.63, 3.8) is 0 Å². The van der Waals surface area contributed by atoms with Crippen molar-refractivity contribution < 1.29 is 13.2 Å². The van der Waals surface area contributed by atoms with Gasteiger partial charge in [-0.2, -0.15) is 0 Å². The summed E-state index contributed by atoms with van der Waals surface area (Å²) in [5, 5.41) is 5.12. The molecule has 2 N–H and O–H groups in total. The molecule has 0 fully saturated rings. The Labute approximate surface area is 113 Å². The first kappa shape index (κ1) is 13.4. The molecular weight excluding hydrogens is 273 g/mol. The number of rotatable bonds is 2. The third kappa shape index (κ3) is 3.45. The van der Waals surface area contributed by atoms with E-state index in [1.165, 1.54) is 30.3 Å². The van der Waals surface area contributed by atoms with Crippen molar-refractivity contribution in [1.29, 1.82) is 0 Å². The van der Waals surface area contributed by atoms with Gasteiger partial charge in [-0.1, -0.05) is 6.07 Å². The summed E-state index contributed by atoms with van der Waals surface area (Å²) in [7, 11) is 0. The molecule has 2 rings (SSSR count). The first-order valence-corrected chi connectivity index (χ1v) is 5.74. The minimum absolute atomic E-state index is 0.00982. The minimum atomic E-state index is -0.747. The van der Waals surface area contributed by atoms with Gasteiger partial charge in [-0.25, -0.2) is 13.2 Å². The van der Waals surface area contributed by atoms with Gasteiger partial charge in [-0.05, 0) is 48.6 Å². The summed E-state index contributed by atoms with van der Waals surface area (Å²) in [5.74, 6) is -1.88. The van der Waals surface area contributed by atoms with Crippen LogP contribution < -0.4 is 10.6 Å². The van der Waals surface area contributed by atoms with E-state index in [0.717, 1.165) is 12.1 Å². The maximum atomic E-state index is 13.4. The fourth-order valence-electron chi connectivity index (χ4n) is 1.43. The molecular formula is C13H9F3N2S. The monoisotopic (exact) mass is 282 g/mol. The molecule has 0 aliphatic rings. The van der Waals surface area contributed by atoms with Crippen LogP contribution in [0.2, 0.25) is 0 Å². The van der Waals surface area contributed by atoms with Crippen LogP contribution in [0.3, 0.4) is 0 Å². The zero-order valence-electron chi connectivity index (χ0n) is 9.58. The van der Waals surface area contributed by atoms with Crippen molar-refractivity contribution in [2.24, 2.45) is 0 Å². The van der Waals surface area contributed by atoms with Gasteiger partial charge in [0.2, 0.25) is 0 Å². The lowest BCUT2D eigenvalue weighted by Crippen LogP contribution is -2.20. The van der Waals surface area contributed by atoms with Crippen LogP contribution in [0.1, 0.15) is 0 Å². The molecule has 0 aliphatic carbocycles. The van der Waals surface area contributed by atoms with E-state index in [2.05, 4.69) is 10.6 Å². The first-order valence-electron chi connectivity index (χ1n) is 5.34. The predicted octanol–water partition coefficient (Wildman–Crippen LogP) is 3.91. The first-order chi connectivity index (χ1) is 9.06. The zero-order valence-corrected chi connectivity index (χ0v) is 10.4. The topological polar surface area (TPSA) is 24.1 Å². The quantitative estimate of drug-likeness (QED) is 0.817. The Balaban J connectivity index is 2.07. The van der Waals surface area contributed by atoms with Crippen molar-refractivity contribution in [2.45, 2.75) is 0 Å². The molecule has 0 saturated carbocycles. The van der Waals surface area contributed by atoms with E-state index < -0.39 is 11.6 Å². The highest BCUT2D eigenvalue weighted by Crippen LogP contribution is 2.18. The number of benzene rings is 2. The Kier molecular flexibility index (Phi) is 4.01. The third-order valence-corrected chi connectivity index (χ3v) is 2.51. The second-order valence-corrected chi connectivity index (χ2v) is 4.09. The van der Waals surface area contributed by atoms with Gasteiger partial charge in [0.25, 0.3) is 0 Å². The molecule has 0 unspecified atom stereocenters. The van der Waals surface area contributed by atoms with Gasteiger partial charge >= 0.3 is 0 Å². The van der Waals surface area contributed by atoms with Crippen molar-refractivity contribution in [3.05, 3.63) is 59.9 Å². The largest absolute Gasteiger partial charge is 0.332 e. The molecule has 0 bridgehead atoms. The molecule has 0 spiro atoms. The van der Waals surface area contributed by atoms with Gasteiger partial charge in [-0.15, -0.1) is 0 Å². The van der Waals surface area contributed by atoms with Gasteiger partial charge in [-0.3, -0.25) is 0 Å². The van der Waals surface area contributed by atoms with E-state index in [-0.39, 0.29) is 16.6 Å². The summed E-state index contributed by atoms with van der Waals surface area (Å²) in [4.78, 5) is 0. The van der Waals surface area contributed by atoms with Gasteiger partial charge in [0, 0.05) is 5.69 Å². The van der Waals surface area contributed by atoms with Crippen molar-refractivity contribution >= 4 is 28.7 Å². The molecule has 19 heavy (non-hydrogen) atoms. The lowest BCUT2D eigenvalue weighted by atomic mass is 10.3. The summed E-state index contributed by atoms with van der Waals surface area (Å²) in [6.45, 7) is 0. The highest BCUT2D eigenvalue weighted by Gasteiger charge is 2.09. The maximum Gasteiger partial charge on any atom is 0.175 e. The van der Waals surface area contributed by atoms with Crippen molar-refractivity contribution in [3.8, 4) is 0 Å². The SMILES string of the molecule is Fc1ccc(NC(=S)Nc2c(F)cccc2F)cc1.